The Labute approximate surface area is 119 Å². The molecule has 2 rings (SSSR count). The Hall–Kier alpha value is -1.26. The zero-order valence-corrected chi connectivity index (χ0v) is 11.9. The van der Waals surface area contributed by atoms with E-state index in [1.54, 1.807) is 7.11 Å². The van der Waals surface area contributed by atoms with Gasteiger partial charge in [0.15, 0.2) is 0 Å². The van der Waals surface area contributed by atoms with E-state index in [0.717, 1.165) is 31.7 Å². The van der Waals surface area contributed by atoms with Crippen LogP contribution in [0.15, 0.2) is 24.3 Å². The van der Waals surface area contributed by atoms with Crippen LogP contribution in [0.25, 0.3) is 0 Å². The van der Waals surface area contributed by atoms with Crippen molar-refractivity contribution in [3.05, 3.63) is 29.8 Å². The highest BCUT2D eigenvalue weighted by molar-refractivity contribution is 5.85. The third-order valence-electron chi connectivity index (χ3n) is 3.50. The molecule has 1 fully saturated rings. The van der Waals surface area contributed by atoms with Crippen molar-refractivity contribution >= 4 is 18.4 Å². The van der Waals surface area contributed by atoms with Crippen LogP contribution in [0.4, 0.5) is 0 Å². The van der Waals surface area contributed by atoms with Crippen molar-refractivity contribution in [2.75, 3.05) is 26.7 Å². The highest BCUT2D eigenvalue weighted by atomic mass is 35.5. The predicted molar refractivity (Wildman–Crippen MR) is 76.1 cm³/mol. The standard InChI is InChI=1S/C14H19NO3.ClH/c1-18-13-4-2-11(3-5-13)6-8-15-9-7-12(10-15)14(16)17;/h2-5,12H,6-10H2,1H3,(H,16,17);1H. The van der Waals surface area contributed by atoms with Gasteiger partial charge < -0.3 is 14.7 Å². The molecule has 1 N–H and O–H groups in total. The summed E-state index contributed by atoms with van der Waals surface area (Å²) in [6.45, 7) is 2.51. The second-order valence-electron chi connectivity index (χ2n) is 4.72. The van der Waals surface area contributed by atoms with Gasteiger partial charge in [-0.3, -0.25) is 4.79 Å². The molecule has 19 heavy (non-hydrogen) atoms. The number of carboxylic acid groups (broad SMARTS) is 1. The fourth-order valence-corrected chi connectivity index (χ4v) is 2.32. The van der Waals surface area contributed by atoms with E-state index in [1.807, 2.05) is 12.1 Å². The summed E-state index contributed by atoms with van der Waals surface area (Å²) in [5.41, 5.74) is 1.26. The van der Waals surface area contributed by atoms with Gasteiger partial charge in [-0.25, -0.2) is 0 Å². The smallest absolute Gasteiger partial charge is 0.307 e. The van der Waals surface area contributed by atoms with Crippen LogP contribution in [-0.4, -0.2) is 42.7 Å². The van der Waals surface area contributed by atoms with Crippen molar-refractivity contribution in [1.29, 1.82) is 0 Å². The number of likely N-dealkylation sites (tertiary alicyclic amines) is 1. The molecule has 0 spiro atoms. The molecule has 1 aromatic carbocycles. The number of aliphatic carboxylic acids is 1. The SMILES string of the molecule is COc1ccc(CCN2CCC(C(=O)O)C2)cc1.Cl. The van der Waals surface area contributed by atoms with E-state index in [2.05, 4.69) is 17.0 Å². The predicted octanol–water partition coefficient (Wildman–Crippen LogP) is 2.07. The van der Waals surface area contributed by atoms with Gasteiger partial charge in [-0.1, -0.05) is 12.1 Å². The summed E-state index contributed by atoms with van der Waals surface area (Å²) in [5.74, 6) is 0.0219. The number of hydrogen-bond acceptors (Lipinski definition) is 3. The van der Waals surface area contributed by atoms with Crippen molar-refractivity contribution in [3.63, 3.8) is 0 Å². The Morgan fingerprint density at radius 2 is 2.11 bits per heavy atom. The molecule has 1 heterocycles. The summed E-state index contributed by atoms with van der Waals surface area (Å²) in [5, 5.41) is 8.93. The molecule has 5 heteroatoms. The topological polar surface area (TPSA) is 49.8 Å². The number of hydrogen-bond donors (Lipinski definition) is 1. The van der Waals surface area contributed by atoms with Crippen molar-refractivity contribution < 1.29 is 14.6 Å². The molecule has 1 aliphatic heterocycles. The highest BCUT2D eigenvalue weighted by Crippen LogP contribution is 2.17. The lowest BCUT2D eigenvalue weighted by Gasteiger charge is -2.15. The summed E-state index contributed by atoms with van der Waals surface area (Å²) in [6, 6.07) is 8.03. The molecule has 0 amide bonds. The maximum absolute atomic E-state index is 10.9. The summed E-state index contributed by atoms with van der Waals surface area (Å²) in [6.07, 6.45) is 1.73. The molecule has 4 nitrogen and oxygen atoms in total. The van der Waals surface area contributed by atoms with E-state index in [0.29, 0.717) is 6.54 Å². The first-order valence-electron chi connectivity index (χ1n) is 6.27. The van der Waals surface area contributed by atoms with Gasteiger partial charge in [0.05, 0.1) is 13.0 Å². The molecular formula is C14H20ClNO3. The van der Waals surface area contributed by atoms with Gasteiger partial charge in [0.1, 0.15) is 5.75 Å². The molecule has 106 valence electrons. The summed E-state index contributed by atoms with van der Waals surface area (Å²) in [4.78, 5) is 13.1. The number of carbonyl (C=O) groups is 1. The molecule has 0 bridgehead atoms. The number of ether oxygens (including phenoxy) is 1. The fourth-order valence-electron chi connectivity index (χ4n) is 2.32. The van der Waals surface area contributed by atoms with Gasteiger partial charge in [0.2, 0.25) is 0 Å². The van der Waals surface area contributed by atoms with Gasteiger partial charge in [-0.05, 0) is 37.1 Å². The first-order chi connectivity index (χ1) is 8.69. The number of methoxy groups -OCH3 is 1. The van der Waals surface area contributed by atoms with Gasteiger partial charge in [0, 0.05) is 13.1 Å². The Kier molecular flexibility index (Phi) is 6.12. The average Bonchev–Trinajstić information content (AvgIpc) is 2.86. The van der Waals surface area contributed by atoms with Crippen LogP contribution in [0.1, 0.15) is 12.0 Å². The van der Waals surface area contributed by atoms with Gasteiger partial charge in [0.25, 0.3) is 0 Å². The minimum Gasteiger partial charge on any atom is -0.497 e. The third kappa shape index (κ3) is 4.40. The van der Waals surface area contributed by atoms with E-state index in [9.17, 15) is 4.79 Å². The monoisotopic (exact) mass is 285 g/mol. The number of rotatable bonds is 5. The van der Waals surface area contributed by atoms with Gasteiger partial charge in [-0.15, -0.1) is 12.4 Å². The highest BCUT2D eigenvalue weighted by Gasteiger charge is 2.27. The zero-order chi connectivity index (χ0) is 13.0. The van der Waals surface area contributed by atoms with Crippen molar-refractivity contribution in [1.82, 2.24) is 4.90 Å². The summed E-state index contributed by atoms with van der Waals surface area (Å²) in [7, 11) is 1.66. The lowest BCUT2D eigenvalue weighted by molar-refractivity contribution is -0.141. The Morgan fingerprint density at radius 1 is 1.42 bits per heavy atom. The van der Waals surface area contributed by atoms with Crippen molar-refractivity contribution in [2.24, 2.45) is 5.92 Å². The van der Waals surface area contributed by atoms with Crippen molar-refractivity contribution in [2.45, 2.75) is 12.8 Å². The van der Waals surface area contributed by atoms with Crippen LogP contribution in [-0.2, 0) is 11.2 Å². The first-order valence-corrected chi connectivity index (χ1v) is 6.27. The molecule has 1 atom stereocenters. The van der Waals surface area contributed by atoms with Crippen LogP contribution >= 0.6 is 12.4 Å². The minimum atomic E-state index is -0.665. The fraction of sp³-hybridized carbons (Fsp3) is 0.500. The molecule has 0 radical (unpaired) electrons. The average molecular weight is 286 g/mol. The second-order valence-corrected chi connectivity index (χ2v) is 4.72. The molecule has 1 saturated heterocycles. The summed E-state index contributed by atoms with van der Waals surface area (Å²) < 4.78 is 5.11. The van der Waals surface area contributed by atoms with E-state index in [1.165, 1.54) is 5.56 Å². The van der Waals surface area contributed by atoms with E-state index < -0.39 is 5.97 Å². The van der Waals surface area contributed by atoms with Gasteiger partial charge in [-0.2, -0.15) is 0 Å². The Balaban J connectivity index is 0.00000180. The lowest BCUT2D eigenvalue weighted by atomic mass is 10.1. The molecule has 0 aliphatic carbocycles. The molecule has 0 saturated carbocycles. The number of benzene rings is 1. The zero-order valence-electron chi connectivity index (χ0n) is 11.0. The Morgan fingerprint density at radius 3 is 2.63 bits per heavy atom. The molecule has 1 aliphatic rings. The normalized spacial score (nSPS) is 18.9. The summed E-state index contributed by atoms with van der Waals surface area (Å²) >= 11 is 0. The number of halogens is 1. The maximum atomic E-state index is 10.9. The molecule has 1 aromatic rings. The third-order valence-corrected chi connectivity index (χ3v) is 3.50. The quantitative estimate of drug-likeness (QED) is 0.900. The number of carboxylic acids is 1. The van der Waals surface area contributed by atoms with Crippen molar-refractivity contribution in [3.8, 4) is 5.75 Å². The van der Waals surface area contributed by atoms with E-state index in [-0.39, 0.29) is 18.3 Å². The van der Waals surface area contributed by atoms with E-state index in [4.69, 9.17) is 9.84 Å². The largest absolute Gasteiger partial charge is 0.497 e. The van der Waals surface area contributed by atoms with E-state index >= 15 is 0 Å². The van der Waals surface area contributed by atoms with Gasteiger partial charge >= 0.3 is 5.97 Å². The van der Waals surface area contributed by atoms with Crippen LogP contribution in [0.3, 0.4) is 0 Å². The van der Waals surface area contributed by atoms with Crippen LogP contribution in [0.2, 0.25) is 0 Å². The minimum absolute atomic E-state index is 0. The first kappa shape index (κ1) is 15.8. The maximum Gasteiger partial charge on any atom is 0.307 e. The second kappa shape index (κ2) is 7.36. The Bertz CT molecular complexity index is 408. The molecule has 0 aromatic heterocycles. The molecule has 1 unspecified atom stereocenters. The van der Waals surface area contributed by atoms with Crippen LogP contribution in [0, 0.1) is 5.92 Å². The van der Waals surface area contributed by atoms with Crippen LogP contribution in [0.5, 0.6) is 5.75 Å². The molecular weight excluding hydrogens is 266 g/mol. The number of nitrogens with zero attached hydrogens (tertiary/aromatic N) is 1. The lowest BCUT2D eigenvalue weighted by Crippen LogP contribution is -2.25. The van der Waals surface area contributed by atoms with Crippen LogP contribution < -0.4 is 4.74 Å².